The first-order valence-corrected chi connectivity index (χ1v) is 8.10. The molecule has 7 heteroatoms. The molecule has 0 heterocycles. The van der Waals surface area contributed by atoms with E-state index in [-0.39, 0.29) is 11.3 Å². The number of amides is 1. The standard InChI is InChI=1S/C19H20N2O5/c1-12(2)14-7-9-15(10-8-14)20-17(22)11-26-19(23)16-6-4-5-13(3)18(16)21(24)25/h4-10,12H,11H2,1-3H3,(H,20,22). The van der Waals surface area contributed by atoms with Gasteiger partial charge in [0.05, 0.1) is 4.92 Å². The highest BCUT2D eigenvalue weighted by Crippen LogP contribution is 2.23. The van der Waals surface area contributed by atoms with Gasteiger partial charge in [-0.25, -0.2) is 4.79 Å². The number of aryl methyl sites for hydroxylation is 1. The number of benzene rings is 2. The molecule has 0 saturated carbocycles. The Labute approximate surface area is 151 Å². The molecule has 26 heavy (non-hydrogen) atoms. The van der Waals surface area contributed by atoms with Crippen molar-refractivity contribution >= 4 is 23.3 Å². The van der Waals surface area contributed by atoms with Gasteiger partial charge in [0, 0.05) is 11.3 Å². The number of esters is 1. The van der Waals surface area contributed by atoms with E-state index in [0.29, 0.717) is 17.2 Å². The maximum absolute atomic E-state index is 12.1. The molecule has 136 valence electrons. The van der Waals surface area contributed by atoms with Crippen molar-refractivity contribution in [2.45, 2.75) is 26.7 Å². The lowest BCUT2D eigenvalue weighted by molar-refractivity contribution is -0.385. The number of ether oxygens (including phenoxy) is 1. The Bertz CT molecular complexity index is 828. The van der Waals surface area contributed by atoms with Crippen molar-refractivity contribution in [3.8, 4) is 0 Å². The largest absolute Gasteiger partial charge is 0.452 e. The van der Waals surface area contributed by atoms with Gasteiger partial charge in [0.2, 0.25) is 0 Å². The van der Waals surface area contributed by atoms with E-state index in [1.165, 1.54) is 25.1 Å². The van der Waals surface area contributed by atoms with Gasteiger partial charge in [0.15, 0.2) is 6.61 Å². The summed E-state index contributed by atoms with van der Waals surface area (Å²) in [6, 6.07) is 11.7. The van der Waals surface area contributed by atoms with E-state index >= 15 is 0 Å². The van der Waals surface area contributed by atoms with Gasteiger partial charge >= 0.3 is 5.97 Å². The molecule has 0 aliphatic rings. The average Bonchev–Trinajstić information content (AvgIpc) is 2.59. The number of carbonyl (C=O) groups excluding carboxylic acids is 2. The third-order valence-corrected chi connectivity index (χ3v) is 3.84. The van der Waals surface area contributed by atoms with E-state index < -0.39 is 23.4 Å². The zero-order valence-electron chi connectivity index (χ0n) is 14.8. The number of nitro groups is 1. The van der Waals surface area contributed by atoms with Crippen molar-refractivity contribution in [1.29, 1.82) is 0 Å². The Balaban J connectivity index is 1.98. The summed E-state index contributed by atoms with van der Waals surface area (Å²) in [6.07, 6.45) is 0. The molecule has 1 N–H and O–H groups in total. The van der Waals surface area contributed by atoms with Crippen LogP contribution in [0.15, 0.2) is 42.5 Å². The summed E-state index contributed by atoms with van der Waals surface area (Å²) >= 11 is 0. The highest BCUT2D eigenvalue weighted by molar-refractivity contribution is 5.97. The van der Waals surface area contributed by atoms with Crippen LogP contribution in [-0.4, -0.2) is 23.4 Å². The molecule has 0 aliphatic heterocycles. The SMILES string of the molecule is Cc1cccc(C(=O)OCC(=O)Nc2ccc(C(C)C)cc2)c1[N+](=O)[O-]. The number of nitrogens with one attached hydrogen (secondary N) is 1. The molecule has 0 fully saturated rings. The molecule has 1 amide bonds. The second kappa shape index (κ2) is 8.24. The number of carbonyl (C=O) groups is 2. The molecule has 7 nitrogen and oxygen atoms in total. The first-order chi connectivity index (χ1) is 12.3. The Morgan fingerprint density at radius 2 is 1.81 bits per heavy atom. The van der Waals surface area contributed by atoms with Crippen molar-refractivity contribution in [2.75, 3.05) is 11.9 Å². The smallest absolute Gasteiger partial charge is 0.345 e. The predicted molar refractivity (Wildman–Crippen MR) is 97.3 cm³/mol. The first-order valence-electron chi connectivity index (χ1n) is 8.10. The van der Waals surface area contributed by atoms with Crippen LogP contribution >= 0.6 is 0 Å². The summed E-state index contributed by atoms with van der Waals surface area (Å²) in [5, 5.41) is 13.7. The van der Waals surface area contributed by atoms with Gasteiger partial charge in [-0.15, -0.1) is 0 Å². The van der Waals surface area contributed by atoms with Gasteiger partial charge in [-0.2, -0.15) is 0 Å². The molecule has 0 saturated heterocycles. The maximum atomic E-state index is 12.1. The van der Waals surface area contributed by atoms with Crippen LogP contribution in [0.25, 0.3) is 0 Å². The van der Waals surface area contributed by atoms with Gasteiger partial charge < -0.3 is 10.1 Å². The highest BCUT2D eigenvalue weighted by Gasteiger charge is 2.24. The van der Waals surface area contributed by atoms with Crippen molar-refractivity contribution in [1.82, 2.24) is 0 Å². The molecule has 0 atom stereocenters. The van der Waals surface area contributed by atoms with E-state index in [1.54, 1.807) is 12.1 Å². The van der Waals surface area contributed by atoms with Crippen LogP contribution in [0.4, 0.5) is 11.4 Å². The lowest BCUT2D eigenvalue weighted by Crippen LogP contribution is -2.21. The Morgan fingerprint density at radius 3 is 2.38 bits per heavy atom. The number of rotatable bonds is 6. The molecule has 0 aliphatic carbocycles. The minimum atomic E-state index is -0.911. The molecular formula is C19H20N2O5. The van der Waals surface area contributed by atoms with Crippen molar-refractivity contribution in [3.63, 3.8) is 0 Å². The lowest BCUT2D eigenvalue weighted by Gasteiger charge is -2.09. The normalized spacial score (nSPS) is 10.5. The molecule has 0 spiro atoms. The predicted octanol–water partition coefficient (Wildman–Crippen LogP) is 3.82. The van der Waals surface area contributed by atoms with E-state index in [9.17, 15) is 19.7 Å². The number of para-hydroxylation sites is 1. The molecule has 0 bridgehead atoms. The van der Waals surface area contributed by atoms with Gasteiger partial charge in [-0.3, -0.25) is 14.9 Å². The molecule has 2 aromatic carbocycles. The fraction of sp³-hybridized carbons (Fsp3) is 0.263. The van der Waals surface area contributed by atoms with Gasteiger partial charge in [0.1, 0.15) is 5.56 Å². The van der Waals surface area contributed by atoms with Crippen LogP contribution < -0.4 is 5.32 Å². The molecule has 0 aromatic heterocycles. The van der Waals surface area contributed by atoms with E-state index in [2.05, 4.69) is 19.2 Å². The van der Waals surface area contributed by atoms with Crippen molar-refractivity contribution < 1.29 is 19.2 Å². The van der Waals surface area contributed by atoms with Crippen LogP contribution in [0.1, 0.15) is 41.3 Å². The summed E-state index contributed by atoms with van der Waals surface area (Å²) in [5.41, 5.74) is 1.57. The third kappa shape index (κ3) is 4.66. The number of nitrogens with zero attached hydrogens (tertiary/aromatic N) is 1. The molecular weight excluding hydrogens is 336 g/mol. The Kier molecular flexibility index (Phi) is 6.06. The summed E-state index contributed by atoms with van der Waals surface area (Å²) in [4.78, 5) is 34.5. The summed E-state index contributed by atoms with van der Waals surface area (Å²) < 4.78 is 4.91. The van der Waals surface area contributed by atoms with E-state index in [1.807, 2.05) is 12.1 Å². The van der Waals surface area contributed by atoms with Crippen molar-refractivity contribution in [3.05, 3.63) is 69.3 Å². The quantitative estimate of drug-likeness (QED) is 0.482. The van der Waals surface area contributed by atoms with Crippen molar-refractivity contribution in [2.24, 2.45) is 0 Å². The van der Waals surface area contributed by atoms with Gasteiger partial charge in [-0.05, 0) is 36.6 Å². The zero-order chi connectivity index (χ0) is 19.3. The van der Waals surface area contributed by atoms with Crippen LogP contribution in [0.3, 0.4) is 0 Å². The highest BCUT2D eigenvalue weighted by atomic mass is 16.6. The van der Waals surface area contributed by atoms with Gasteiger partial charge in [-0.1, -0.05) is 38.1 Å². The average molecular weight is 356 g/mol. The third-order valence-electron chi connectivity index (χ3n) is 3.84. The van der Waals surface area contributed by atoms with Crippen LogP contribution in [-0.2, 0) is 9.53 Å². The second-order valence-electron chi connectivity index (χ2n) is 6.13. The summed E-state index contributed by atoms with van der Waals surface area (Å²) in [6.45, 7) is 5.13. The van der Waals surface area contributed by atoms with Gasteiger partial charge in [0.25, 0.3) is 11.6 Å². The Morgan fingerprint density at radius 1 is 1.15 bits per heavy atom. The summed E-state index contributed by atoms with van der Waals surface area (Å²) in [7, 11) is 0. The number of hydrogen-bond donors (Lipinski definition) is 1. The van der Waals surface area contributed by atoms with Crippen LogP contribution in [0.2, 0.25) is 0 Å². The topological polar surface area (TPSA) is 98.5 Å². The minimum Gasteiger partial charge on any atom is -0.452 e. The van der Waals surface area contributed by atoms with E-state index in [4.69, 9.17) is 4.74 Å². The lowest BCUT2D eigenvalue weighted by atomic mass is 10.0. The molecule has 0 unspecified atom stereocenters. The minimum absolute atomic E-state index is 0.177. The van der Waals surface area contributed by atoms with Crippen LogP contribution in [0.5, 0.6) is 0 Å². The first kappa shape index (κ1) is 19.1. The number of hydrogen-bond acceptors (Lipinski definition) is 5. The molecule has 2 aromatic rings. The van der Waals surface area contributed by atoms with Crippen LogP contribution in [0, 0.1) is 17.0 Å². The van der Waals surface area contributed by atoms with E-state index in [0.717, 1.165) is 5.56 Å². The fourth-order valence-electron chi connectivity index (χ4n) is 2.42. The number of anilines is 1. The molecule has 2 rings (SSSR count). The maximum Gasteiger partial charge on any atom is 0.345 e. The molecule has 0 radical (unpaired) electrons. The second-order valence-corrected chi connectivity index (χ2v) is 6.13. The Hall–Kier alpha value is -3.22. The zero-order valence-corrected chi connectivity index (χ0v) is 14.8. The fourth-order valence-corrected chi connectivity index (χ4v) is 2.42. The monoisotopic (exact) mass is 356 g/mol. The summed E-state index contributed by atoms with van der Waals surface area (Å²) in [5.74, 6) is -1.05. The number of nitro benzene ring substituents is 1.